The fourth-order valence-electron chi connectivity index (χ4n) is 4.05. The number of benzene rings is 1. The van der Waals surface area contributed by atoms with Crippen LogP contribution in [-0.2, 0) is 0 Å². The molecule has 13 heteroatoms. The molecule has 0 spiro atoms. The Morgan fingerprint density at radius 2 is 1.97 bits per heavy atom. The van der Waals surface area contributed by atoms with Gasteiger partial charge in [-0.2, -0.15) is 18.3 Å². The summed E-state index contributed by atoms with van der Waals surface area (Å²) in [4.78, 5) is 15.1. The number of anilines is 1. The van der Waals surface area contributed by atoms with Gasteiger partial charge in [0.1, 0.15) is 17.4 Å². The van der Waals surface area contributed by atoms with E-state index in [0.29, 0.717) is 41.3 Å². The van der Waals surface area contributed by atoms with Crippen LogP contribution in [0.1, 0.15) is 11.4 Å². The lowest BCUT2D eigenvalue weighted by molar-refractivity contribution is -0.148. The zero-order valence-corrected chi connectivity index (χ0v) is 21.2. The second-order valence-corrected chi connectivity index (χ2v) is 9.09. The predicted octanol–water partition coefficient (Wildman–Crippen LogP) is 4.73. The van der Waals surface area contributed by atoms with Crippen molar-refractivity contribution in [3.63, 3.8) is 0 Å². The zero-order valence-electron chi connectivity index (χ0n) is 20.5. The summed E-state index contributed by atoms with van der Waals surface area (Å²) in [6.07, 6.45) is -2.57. The molecule has 3 aromatic rings. The first-order valence-corrected chi connectivity index (χ1v) is 12.0. The third kappa shape index (κ3) is 7.04. The Morgan fingerprint density at radius 3 is 2.62 bits per heavy atom. The highest BCUT2D eigenvalue weighted by atomic mass is 35.5. The van der Waals surface area contributed by atoms with Crippen LogP contribution in [0.2, 0.25) is 5.02 Å². The second-order valence-electron chi connectivity index (χ2n) is 8.71. The maximum Gasteiger partial charge on any atom is 0.401 e. The number of amidine groups is 1. The van der Waals surface area contributed by atoms with E-state index in [4.69, 9.17) is 16.3 Å². The Bertz CT molecular complexity index is 1310. The van der Waals surface area contributed by atoms with Gasteiger partial charge in [-0.05, 0) is 38.8 Å². The smallest absolute Gasteiger partial charge is 0.401 e. The van der Waals surface area contributed by atoms with E-state index in [2.05, 4.69) is 37.2 Å². The minimum atomic E-state index is -4.24. The maximum absolute atomic E-state index is 12.8. The molecule has 0 atom stereocenters. The van der Waals surface area contributed by atoms with Crippen LogP contribution in [0, 0.1) is 13.8 Å². The second kappa shape index (κ2) is 11.3. The Hall–Kier alpha value is -3.51. The molecule has 1 saturated heterocycles. The lowest BCUT2D eigenvalue weighted by atomic mass is 10.2. The van der Waals surface area contributed by atoms with E-state index < -0.39 is 12.7 Å². The molecule has 0 aliphatic carbocycles. The molecule has 4 rings (SSSR count). The molecular weight excluding hydrogens is 509 g/mol. The number of aliphatic imine (C=N–C) groups is 2. The van der Waals surface area contributed by atoms with Crippen LogP contribution in [0.15, 0.2) is 46.1 Å². The molecule has 1 aliphatic rings. The molecule has 0 amide bonds. The monoisotopic (exact) mass is 536 g/mol. The number of nitrogens with one attached hydrogen (secondary N) is 3. The lowest BCUT2D eigenvalue weighted by Crippen LogP contribution is -2.50. The summed E-state index contributed by atoms with van der Waals surface area (Å²) in [5, 5.41) is 11.3. The first kappa shape index (κ1) is 26.6. The number of nitrogens with zero attached hydrogens (tertiary/aromatic N) is 5. The van der Waals surface area contributed by atoms with E-state index in [0.717, 1.165) is 22.3 Å². The number of fused-ring (bicyclic) bond motifs is 1. The zero-order chi connectivity index (χ0) is 26.6. The Morgan fingerprint density at radius 1 is 1.22 bits per heavy atom. The minimum Gasteiger partial charge on any atom is -0.470 e. The Kier molecular flexibility index (Phi) is 8.08. The van der Waals surface area contributed by atoms with Gasteiger partial charge in [-0.1, -0.05) is 11.6 Å². The van der Waals surface area contributed by atoms with Crippen molar-refractivity contribution in [3.8, 4) is 5.75 Å². The van der Waals surface area contributed by atoms with Crippen molar-refractivity contribution >= 4 is 40.9 Å². The summed E-state index contributed by atoms with van der Waals surface area (Å²) in [5.41, 5.74) is 2.74. The molecule has 1 aromatic carbocycles. The summed E-state index contributed by atoms with van der Waals surface area (Å²) in [7, 11) is 0. The standard InChI is InChI=1S/C24H28ClF3N8O/c1-15-10-17-18(31-15)4-5-19(23(17)25)37-14-30-22(12-20(29-3)32-21-11-16(2)33-34-21)36-8-6-35(7-9-36)13-24(26,27)28/h4-5,10-12,31H,3,6-9,13-14H2,1-2H3,(H2,32,33,34)/b20-12+,30-22+. The number of aromatic amines is 2. The molecule has 2 aromatic heterocycles. The van der Waals surface area contributed by atoms with E-state index in [1.54, 1.807) is 18.2 Å². The highest BCUT2D eigenvalue weighted by molar-refractivity contribution is 6.37. The summed E-state index contributed by atoms with van der Waals surface area (Å²) < 4.78 is 44.3. The average molecular weight is 537 g/mol. The van der Waals surface area contributed by atoms with E-state index >= 15 is 0 Å². The molecule has 0 bridgehead atoms. The molecular formula is C24H28ClF3N8O. The number of ether oxygens (including phenoxy) is 1. The average Bonchev–Trinajstić information content (AvgIpc) is 3.43. The van der Waals surface area contributed by atoms with Gasteiger partial charge in [-0.3, -0.25) is 10.00 Å². The molecule has 1 aliphatic heterocycles. The SMILES string of the molecule is C=N/C(=C\C(=N/COc1ccc2[nH]c(C)cc2c1Cl)N1CCN(CC(F)(F)F)CC1)Nc1cc(C)[nH]n1. The normalized spacial score (nSPS) is 15.9. The molecule has 3 heterocycles. The number of H-pyrrole nitrogens is 2. The van der Waals surface area contributed by atoms with Gasteiger partial charge in [0, 0.05) is 60.6 Å². The maximum atomic E-state index is 12.8. The van der Waals surface area contributed by atoms with E-state index in [1.807, 2.05) is 30.9 Å². The molecule has 0 unspecified atom stereocenters. The number of piperazine rings is 1. The van der Waals surface area contributed by atoms with Crippen LogP contribution in [0.25, 0.3) is 10.9 Å². The van der Waals surface area contributed by atoms with Crippen molar-refractivity contribution in [1.82, 2.24) is 25.0 Å². The van der Waals surface area contributed by atoms with Gasteiger partial charge in [-0.25, -0.2) is 9.98 Å². The highest BCUT2D eigenvalue weighted by Crippen LogP contribution is 2.33. The van der Waals surface area contributed by atoms with Crippen LogP contribution in [-0.4, -0.2) is 83.2 Å². The Balaban J connectivity index is 1.52. The minimum absolute atomic E-state index is 0.0604. The summed E-state index contributed by atoms with van der Waals surface area (Å²) >= 11 is 6.53. The van der Waals surface area contributed by atoms with Gasteiger partial charge < -0.3 is 19.9 Å². The summed E-state index contributed by atoms with van der Waals surface area (Å²) in [6.45, 7) is 7.61. The molecule has 3 N–H and O–H groups in total. The number of hydrogen-bond acceptors (Lipinski definition) is 6. The third-order valence-electron chi connectivity index (χ3n) is 5.78. The van der Waals surface area contributed by atoms with E-state index in [-0.39, 0.29) is 19.8 Å². The number of halogens is 4. The van der Waals surface area contributed by atoms with Crippen LogP contribution in [0.3, 0.4) is 0 Å². The summed E-state index contributed by atoms with van der Waals surface area (Å²) in [5.74, 6) is 1.89. The van der Waals surface area contributed by atoms with Gasteiger partial charge in [0.05, 0.1) is 11.6 Å². The van der Waals surface area contributed by atoms with Crippen LogP contribution in [0.5, 0.6) is 5.75 Å². The van der Waals surface area contributed by atoms with Crippen LogP contribution >= 0.6 is 11.6 Å². The van der Waals surface area contributed by atoms with Gasteiger partial charge in [0.2, 0.25) is 0 Å². The first-order chi connectivity index (χ1) is 17.6. The van der Waals surface area contributed by atoms with Gasteiger partial charge >= 0.3 is 6.18 Å². The molecule has 0 saturated carbocycles. The van der Waals surface area contributed by atoms with Crippen molar-refractivity contribution in [1.29, 1.82) is 0 Å². The van der Waals surface area contributed by atoms with Gasteiger partial charge in [-0.15, -0.1) is 0 Å². The van der Waals surface area contributed by atoms with Crippen LogP contribution < -0.4 is 10.1 Å². The topological polar surface area (TPSA) is 96.9 Å². The fraction of sp³-hybridized carbons (Fsp3) is 0.375. The number of aryl methyl sites for hydroxylation is 2. The van der Waals surface area contributed by atoms with Crippen molar-refractivity contribution in [2.45, 2.75) is 20.0 Å². The van der Waals surface area contributed by atoms with Gasteiger partial charge in [0.15, 0.2) is 12.5 Å². The lowest BCUT2D eigenvalue weighted by Gasteiger charge is -2.36. The van der Waals surface area contributed by atoms with Crippen molar-refractivity contribution in [3.05, 3.63) is 52.6 Å². The molecule has 198 valence electrons. The highest BCUT2D eigenvalue weighted by Gasteiger charge is 2.32. The molecule has 37 heavy (non-hydrogen) atoms. The van der Waals surface area contributed by atoms with Crippen molar-refractivity contribution in [2.75, 3.05) is 44.8 Å². The summed E-state index contributed by atoms with van der Waals surface area (Å²) in [6, 6.07) is 7.38. The number of rotatable bonds is 8. The van der Waals surface area contributed by atoms with Crippen molar-refractivity contribution < 1.29 is 17.9 Å². The predicted molar refractivity (Wildman–Crippen MR) is 140 cm³/mol. The largest absolute Gasteiger partial charge is 0.470 e. The first-order valence-electron chi connectivity index (χ1n) is 11.6. The number of alkyl halides is 3. The quantitative estimate of drug-likeness (QED) is 0.286. The molecule has 1 fully saturated rings. The van der Waals surface area contributed by atoms with E-state index in [9.17, 15) is 13.2 Å². The molecule has 9 nitrogen and oxygen atoms in total. The fourth-order valence-corrected chi connectivity index (χ4v) is 4.32. The third-order valence-corrected chi connectivity index (χ3v) is 6.17. The number of aromatic nitrogens is 3. The van der Waals surface area contributed by atoms with Gasteiger partial charge in [0.25, 0.3) is 0 Å². The van der Waals surface area contributed by atoms with E-state index in [1.165, 1.54) is 4.90 Å². The number of hydrogen-bond donors (Lipinski definition) is 3. The van der Waals surface area contributed by atoms with Crippen LogP contribution in [0.4, 0.5) is 19.0 Å². The molecule has 0 radical (unpaired) electrons. The Labute approximate surface area is 217 Å². The van der Waals surface area contributed by atoms with Crippen molar-refractivity contribution in [2.24, 2.45) is 9.98 Å².